The molecule has 0 aliphatic carbocycles. The molecule has 0 amide bonds. The van der Waals surface area contributed by atoms with Crippen LogP contribution < -0.4 is 5.43 Å². The highest BCUT2D eigenvalue weighted by atomic mass is 19.4. The van der Waals surface area contributed by atoms with Gasteiger partial charge in [0.1, 0.15) is 17.0 Å². The molecule has 0 aliphatic heterocycles. The number of benzene rings is 2. The predicted molar refractivity (Wildman–Crippen MR) is 124 cm³/mol. The van der Waals surface area contributed by atoms with Crippen LogP contribution in [-0.4, -0.2) is 35.7 Å². The molecule has 0 bridgehead atoms. The smallest absolute Gasteiger partial charge is 0.433 e. The summed E-state index contributed by atoms with van der Waals surface area (Å²) >= 11 is 0. The van der Waals surface area contributed by atoms with Gasteiger partial charge in [-0.3, -0.25) is 9.36 Å². The first-order chi connectivity index (χ1) is 17.2. The Hall–Kier alpha value is -4.47. The highest BCUT2D eigenvalue weighted by Crippen LogP contribution is 2.30. The number of para-hydroxylation sites is 1. The molecule has 0 saturated carbocycles. The van der Waals surface area contributed by atoms with Crippen molar-refractivity contribution < 1.29 is 32.2 Å². The van der Waals surface area contributed by atoms with Crippen LogP contribution in [0, 0.1) is 0 Å². The number of alkyl halides is 3. The lowest BCUT2D eigenvalue weighted by Crippen LogP contribution is -2.26. The van der Waals surface area contributed by atoms with Gasteiger partial charge in [0.05, 0.1) is 25.2 Å². The van der Waals surface area contributed by atoms with Gasteiger partial charge >= 0.3 is 18.1 Å². The summed E-state index contributed by atoms with van der Waals surface area (Å²) < 4.78 is 51.3. The first-order valence-electron chi connectivity index (χ1n) is 10.6. The summed E-state index contributed by atoms with van der Waals surface area (Å²) in [5.74, 6) is -1.46. The predicted octanol–water partition coefficient (Wildman–Crippen LogP) is 4.57. The van der Waals surface area contributed by atoms with E-state index >= 15 is 0 Å². The summed E-state index contributed by atoms with van der Waals surface area (Å²) in [6.07, 6.45) is -4.83. The summed E-state index contributed by atoms with van der Waals surface area (Å²) in [7, 11) is 2.36. The molecule has 0 N–H and O–H groups in total. The maximum atomic E-state index is 13.5. The Morgan fingerprint density at radius 2 is 1.53 bits per heavy atom. The van der Waals surface area contributed by atoms with E-state index in [4.69, 9.17) is 4.74 Å². The van der Waals surface area contributed by atoms with E-state index in [0.717, 1.165) is 19.2 Å². The molecule has 2 aromatic heterocycles. The monoisotopic (exact) mass is 496 g/mol. The zero-order valence-corrected chi connectivity index (χ0v) is 19.1. The van der Waals surface area contributed by atoms with Crippen LogP contribution >= 0.6 is 0 Å². The SMILES string of the molecule is COC(=O)c1ccc(Cc2c(C(=O)OC)n(-c3ccccc3)c3nc(C(F)(F)F)ccc3c2=O)cc1. The quantitative estimate of drug-likeness (QED) is 0.376. The number of esters is 2. The van der Waals surface area contributed by atoms with Crippen molar-refractivity contribution in [3.05, 3.63) is 105 Å². The molecule has 7 nitrogen and oxygen atoms in total. The Kier molecular flexibility index (Phi) is 6.61. The Balaban J connectivity index is 2.04. The molecule has 184 valence electrons. The maximum absolute atomic E-state index is 13.5. The van der Waals surface area contributed by atoms with Crippen molar-refractivity contribution in [3.8, 4) is 5.69 Å². The maximum Gasteiger partial charge on any atom is 0.433 e. The second kappa shape index (κ2) is 9.65. The highest BCUT2D eigenvalue weighted by molar-refractivity contribution is 5.94. The molecule has 0 atom stereocenters. The van der Waals surface area contributed by atoms with E-state index < -0.39 is 29.2 Å². The van der Waals surface area contributed by atoms with E-state index in [-0.39, 0.29) is 28.7 Å². The number of methoxy groups -OCH3 is 2. The molecular formula is C26H19F3N2O5. The van der Waals surface area contributed by atoms with Gasteiger partial charge in [-0.2, -0.15) is 13.2 Å². The van der Waals surface area contributed by atoms with Gasteiger partial charge in [0.25, 0.3) is 0 Å². The lowest BCUT2D eigenvalue weighted by molar-refractivity contribution is -0.141. The van der Waals surface area contributed by atoms with E-state index in [0.29, 0.717) is 16.8 Å². The average molecular weight is 496 g/mol. The summed E-state index contributed by atoms with van der Waals surface area (Å²) in [6.45, 7) is 0. The van der Waals surface area contributed by atoms with E-state index in [1.807, 2.05) is 0 Å². The van der Waals surface area contributed by atoms with Gasteiger partial charge in [0.15, 0.2) is 5.43 Å². The number of hydrogen-bond acceptors (Lipinski definition) is 6. The number of halogens is 3. The van der Waals surface area contributed by atoms with Crippen molar-refractivity contribution in [3.63, 3.8) is 0 Å². The largest absolute Gasteiger partial charge is 0.465 e. The van der Waals surface area contributed by atoms with E-state index in [1.165, 1.54) is 23.8 Å². The molecule has 0 unspecified atom stereocenters. The number of ether oxygens (including phenoxy) is 2. The lowest BCUT2D eigenvalue weighted by atomic mass is 9.99. The Bertz CT molecular complexity index is 1510. The highest BCUT2D eigenvalue weighted by Gasteiger charge is 2.34. The molecule has 2 heterocycles. The van der Waals surface area contributed by atoms with Gasteiger partial charge in [0.2, 0.25) is 0 Å². The standard InChI is InChI=1S/C26H19F3N2O5/c1-35-24(33)16-10-8-15(9-11-16)14-19-21(25(34)36-2)31(17-6-4-3-5-7-17)23-18(22(19)32)12-13-20(30-23)26(27,28)29/h3-13H,14H2,1-2H3. The molecule has 4 rings (SSSR count). The van der Waals surface area contributed by atoms with Crippen LogP contribution in [0.4, 0.5) is 13.2 Å². The summed E-state index contributed by atoms with van der Waals surface area (Å²) in [5.41, 5.74) is -1.25. The molecule has 0 saturated heterocycles. The van der Waals surface area contributed by atoms with Crippen LogP contribution in [0.3, 0.4) is 0 Å². The number of pyridine rings is 2. The molecule has 0 spiro atoms. The Labute approximate surface area is 202 Å². The van der Waals surface area contributed by atoms with E-state index in [9.17, 15) is 27.6 Å². The number of aromatic nitrogens is 2. The molecular weight excluding hydrogens is 477 g/mol. The molecule has 0 fully saturated rings. The van der Waals surface area contributed by atoms with E-state index in [2.05, 4.69) is 9.72 Å². The van der Waals surface area contributed by atoms with Crippen molar-refractivity contribution in [2.24, 2.45) is 0 Å². The molecule has 0 aliphatic rings. The summed E-state index contributed by atoms with van der Waals surface area (Å²) in [4.78, 5) is 42.0. The van der Waals surface area contributed by atoms with Crippen LogP contribution in [-0.2, 0) is 22.1 Å². The molecule has 0 radical (unpaired) electrons. The van der Waals surface area contributed by atoms with Gasteiger partial charge in [-0.25, -0.2) is 14.6 Å². The van der Waals surface area contributed by atoms with Crippen molar-refractivity contribution in [1.82, 2.24) is 9.55 Å². The molecule has 4 aromatic rings. The first kappa shape index (κ1) is 24.6. The minimum absolute atomic E-state index is 0.00517. The number of nitrogens with zero attached hydrogens (tertiary/aromatic N) is 2. The Morgan fingerprint density at radius 1 is 0.889 bits per heavy atom. The minimum atomic E-state index is -4.77. The number of carbonyl (C=O) groups excluding carboxylic acids is 2. The number of fused-ring (bicyclic) bond motifs is 1. The lowest BCUT2D eigenvalue weighted by Gasteiger charge is -2.19. The van der Waals surface area contributed by atoms with Gasteiger partial charge in [-0.05, 0) is 42.0 Å². The molecule has 10 heteroatoms. The fraction of sp³-hybridized carbons (Fsp3) is 0.154. The molecule has 2 aromatic carbocycles. The number of rotatable bonds is 5. The third-order valence-electron chi connectivity index (χ3n) is 5.55. The second-order valence-electron chi connectivity index (χ2n) is 7.75. The Morgan fingerprint density at radius 3 is 2.11 bits per heavy atom. The average Bonchev–Trinajstić information content (AvgIpc) is 2.89. The normalized spacial score (nSPS) is 11.4. The van der Waals surface area contributed by atoms with Crippen molar-refractivity contribution in [2.45, 2.75) is 12.6 Å². The van der Waals surface area contributed by atoms with Gasteiger partial charge in [0, 0.05) is 17.7 Å². The summed E-state index contributed by atoms with van der Waals surface area (Å²) in [6, 6.07) is 16.1. The fourth-order valence-electron chi connectivity index (χ4n) is 3.85. The second-order valence-corrected chi connectivity index (χ2v) is 7.75. The minimum Gasteiger partial charge on any atom is -0.465 e. The van der Waals surface area contributed by atoms with Gasteiger partial charge < -0.3 is 9.47 Å². The van der Waals surface area contributed by atoms with Crippen LogP contribution in [0.25, 0.3) is 16.7 Å². The zero-order chi connectivity index (χ0) is 26.0. The van der Waals surface area contributed by atoms with Crippen molar-refractivity contribution in [1.29, 1.82) is 0 Å². The fourth-order valence-corrected chi connectivity index (χ4v) is 3.85. The van der Waals surface area contributed by atoms with Gasteiger partial charge in [-0.15, -0.1) is 0 Å². The van der Waals surface area contributed by atoms with Gasteiger partial charge in [-0.1, -0.05) is 30.3 Å². The third kappa shape index (κ3) is 4.57. The number of hydrogen-bond donors (Lipinski definition) is 0. The van der Waals surface area contributed by atoms with Crippen LogP contribution in [0.2, 0.25) is 0 Å². The first-order valence-corrected chi connectivity index (χ1v) is 10.6. The number of carbonyl (C=O) groups is 2. The molecule has 36 heavy (non-hydrogen) atoms. The third-order valence-corrected chi connectivity index (χ3v) is 5.55. The van der Waals surface area contributed by atoms with Crippen LogP contribution in [0.1, 0.15) is 37.7 Å². The zero-order valence-electron chi connectivity index (χ0n) is 19.1. The van der Waals surface area contributed by atoms with E-state index in [1.54, 1.807) is 42.5 Å². The van der Waals surface area contributed by atoms with Crippen molar-refractivity contribution in [2.75, 3.05) is 14.2 Å². The van der Waals surface area contributed by atoms with Crippen LogP contribution in [0.15, 0.2) is 71.5 Å². The van der Waals surface area contributed by atoms with Crippen LogP contribution in [0.5, 0.6) is 0 Å². The van der Waals surface area contributed by atoms with Crippen molar-refractivity contribution >= 4 is 23.0 Å². The summed E-state index contributed by atoms with van der Waals surface area (Å²) in [5, 5.41) is -0.0966. The topological polar surface area (TPSA) is 87.5 Å².